The van der Waals surface area contributed by atoms with Gasteiger partial charge < -0.3 is 23.7 Å². The first kappa shape index (κ1) is 48.5. The van der Waals surface area contributed by atoms with E-state index in [9.17, 15) is 0 Å². The molecule has 0 saturated heterocycles. The van der Waals surface area contributed by atoms with Crippen molar-refractivity contribution in [3.8, 4) is 5.69 Å². The summed E-state index contributed by atoms with van der Waals surface area (Å²) in [5, 5.41) is 6.32. The Hall–Kier alpha value is -7.22. The van der Waals surface area contributed by atoms with Crippen LogP contribution in [0.25, 0.3) is 58.8 Å². The third-order valence-corrected chi connectivity index (χ3v) is 23.3. The number of hydrogen-bond acceptors (Lipinski definition) is 5. The van der Waals surface area contributed by atoms with Gasteiger partial charge in [-0.3, -0.25) is 0 Å². The van der Waals surface area contributed by atoms with E-state index in [1.165, 1.54) is 148 Å². The molecule has 6 aliphatic rings. The predicted molar refractivity (Wildman–Crippen MR) is 346 cm³/mol. The van der Waals surface area contributed by atoms with Crippen LogP contribution in [0, 0.1) is 0 Å². The normalized spacial score (nSPS) is 23.6. The SMILES string of the molecule is CC(C)(C)c1ccc2c(c1)C1(C)CCCCC1(C)N2c1ccc2c(c1)N(c1cccc3c1oc1ccccc13)c1cc(N3c4ccc(C(C)(C)C)cc4C4(C)CCCCC34C)cc3c1B2c1cccc2c4c5ccccc5sc4n-3c12. The van der Waals surface area contributed by atoms with Crippen molar-refractivity contribution in [1.82, 2.24) is 4.57 Å². The minimum Gasteiger partial charge on any atom is -0.454 e. The van der Waals surface area contributed by atoms with Crippen LogP contribution in [0.2, 0.25) is 0 Å². The number of anilines is 7. The molecule has 4 atom stereocenters. The number of furan rings is 1. The molecule has 4 unspecified atom stereocenters. The van der Waals surface area contributed by atoms with Gasteiger partial charge in [-0.15, -0.1) is 11.3 Å². The molecule has 2 saturated carbocycles. The van der Waals surface area contributed by atoms with Gasteiger partial charge in [0.1, 0.15) is 10.4 Å². The molecule has 0 bridgehead atoms. The molecule has 3 aromatic heterocycles. The third-order valence-electron chi connectivity index (χ3n) is 22.2. The molecular formula is C74H71BN4OS. The number of hydrogen-bond donors (Lipinski definition) is 0. The molecule has 5 nitrogen and oxygen atoms in total. The maximum absolute atomic E-state index is 7.21. The first-order valence-electron chi connectivity index (χ1n) is 30.3. The van der Waals surface area contributed by atoms with Gasteiger partial charge in [0, 0.05) is 82.3 Å². The van der Waals surface area contributed by atoms with E-state index in [0.717, 1.165) is 40.5 Å². The molecule has 8 aromatic carbocycles. The summed E-state index contributed by atoms with van der Waals surface area (Å²) < 4.78 is 11.3. The van der Waals surface area contributed by atoms with Crippen LogP contribution in [-0.2, 0) is 21.7 Å². The van der Waals surface area contributed by atoms with Crippen molar-refractivity contribution >= 4 is 127 Å². The fraction of sp³-hybridized carbons (Fsp3) is 0.324. The van der Waals surface area contributed by atoms with Gasteiger partial charge in [0.05, 0.1) is 22.3 Å². The molecule has 0 amide bonds. The van der Waals surface area contributed by atoms with Crippen molar-refractivity contribution in [3.05, 3.63) is 174 Å². The average Bonchev–Trinajstić information content (AvgIpc) is 1.92. The zero-order chi connectivity index (χ0) is 55.1. The highest BCUT2D eigenvalue weighted by Gasteiger charge is 2.60. The van der Waals surface area contributed by atoms with E-state index in [1.54, 1.807) is 0 Å². The Kier molecular flexibility index (Phi) is 9.49. The zero-order valence-electron chi connectivity index (χ0n) is 48.8. The van der Waals surface area contributed by atoms with Crippen LogP contribution in [-0.4, -0.2) is 22.4 Å². The van der Waals surface area contributed by atoms with E-state index < -0.39 is 0 Å². The van der Waals surface area contributed by atoms with Crippen molar-refractivity contribution in [2.45, 2.75) is 153 Å². The Labute approximate surface area is 481 Å². The van der Waals surface area contributed by atoms with Crippen LogP contribution in [0.1, 0.15) is 143 Å². The molecule has 81 heavy (non-hydrogen) atoms. The highest BCUT2D eigenvalue weighted by Crippen LogP contribution is 2.64. The van der Waals surface area contributed by atoms with Crippen LogP contribution in [0.4, 0.5) is 39.8 Å². The van der Waals surface area contributed by atoms with E-state index in [0.29, 0.717) is 0 Å². The molecule has 0 N–H and O–H groups in total. The Bertz CT molecular complexity index is 4580. The minimum atomic E-state index is -0.169. The van der Waals surface area contributed by atoms with Gasteiger partial charge in [-0.25, -0.2) is 0 Å². The number of nitrogens with zero attached hydrogens (tertiary/aromatic N) is 4. The average molecular weight is 1080 g/mol. The van der Waals surface area contributed by atoms with E-state index in [1.807, 2.05) is 11.3 Å². The molecule has 2 fully saturated rings. The number of rotatable bonds is 3. The molecule has 2 aliphatic carbocycles. The smallest absolute Gasteiger partial charge is 0.252 e. The van der Waals surface area contributed by atoms with Gasteiger partial charge in [-0.2, -0.15) is 0 Å². The molecule has 11 aromatic rings. The number of aromatic nitrogens is 1. The maximum Gasteiger partial charge on any atom is 0.252 e. The number of thiophene rings is 1. The molecule has 0 spiro atoms. The number of fused-ring (bicyclic) bond motifs is 18. The lowest BCUT2D eigenvalue weighted by atomic mass is 9.33. The molecule has 4 aliphatic heterocycles. The van der Waals surface area contributed by atoms with Crippen LogP contribution in [0.15, 0.2) is 156 Å². The Balaban J connectivity index is 1.00. The van der Waals surface area contributed by atoms with E-state index in [-0.39, 0.29) is 39.5 Å². The first-order valence-corrected chi connectivity index (χ1v) is 31.1. The highest BCUT2D eigenvalue weighted by atomic mass is 32.1. The van der Waals surface area contributed by atoms with Gasteiger partial charge in [-0.1, -0.05) is 178 Å². The van der Waals surface area contributed by atoms with Gasteiger partial charge in [0.2, 0.25) is 0 Å². The summed E-state index contributed by atoms with van der Waals surface area (Å²) in [4.78, 5) is 9.63. The fourth-order valence-electron chi connectivity index (χ4n) is 17.5. The first-order chi connectivity index (χ1) is 38.9. The van der Waals surface area contributed by atoms with Crippen molar-refractivity contribution in [2.24, 2.45) is 0 Å². The monoisotopic (exact) mass is 1070 g/mol. The fourth-order valence-corrected chi connectivity index (χ4v) is 18.8. The molecule has 7 heterocycles. The Morgan fingerprint density at radius 3 is 1.75 bits per heavy atom. The molecule has 17 rings (SSSR count). The second-order valence-electron chi connectivity index (χ2n) is 28.3. The van der Waals surface area contributed by atoms with E-state index in [2.05, 4.69) is 240 Å². The van der Waals surface area contributed by atoms with Crippen molar-refractivity contribution in [2.75, 3.05) is 14.7 Å². The molecule has 7 heteroatoms. The van der Waals surface area contributed by atoms with Crippen LogP contribution >= 0.6 is 11.3 Å². The topological polar surface area (TPSA) is 27.8 Å². The largest absolute Gasteiger partial charge is 0.454 e. The quantitative estimate of drug-likeness (QED) is 0.165. The lowest BCUT2D eigenvalue weighted by Gasteiger charge is -2.51. The van der Waals surface area contributed by atoms with Gasteiger partial charge >= 0.3 is 0 Å². The van der Waals surface area contributed by atoms with Crippen molar-refractivity contribution in [1.29, 1.82) is 0 Å². The summed E-state index contributed by atoms with van der Waals surface area (Å²) in [6, 6.07) is 59.8. The summed E-state index contributed by atoms with van der Waals surface area (Å²) in [5.74, 6) is 0. The number of para-hydroxylation sites is 3. The van der Waals surface area contributed by atoms with Crippen molar-refractivity contribution < 1.29 is 4.42 Å². The Morgan fingerprint density at radius 1 is 0.481 bits per heavy atom. The highest BCUT2D eigenvalue weighted by molar-refractivity contribution is 7.26. The van der Waals surface area contributed by atoms with Crippen LogP contribution < -0.4 is 31.1 Å². The minimum absolute atomic E-state index is 0.0153. The van der Waals surface area contributed by atoms with Crippen molar-refractivity contribution in [3.63, 3.8) is 0 Å². The van der Waals surface area contributed by atoms with Gasteiger partial charge in [-0.05, 0) is 144 Å². The lowest BCUT2D eigenvalue weighted by Crippen LogP contribution is -2.61. The Morgan fingerprint density at radius 2 is 1.06 bits per heavy atom. The second kappa shape index (κ2) is 15.9. The van der Waals surface area contributed by atoms with E-state index >= 15 is 0 Å². The lowest BCUT2D eigenvalue weighted by molar-refractivity contribution is 0.195. The second-order valence-corrected chi connectivity index (χ2v) is 29.3. The molecule has 0 radical (unpaired) electrons. The molecular weight excluding hydrogens is 1000 g/mol. The summed E-state index contributed by atoms with van der Waals surface area (Å²) >= 11 is 1.95. The summed E-state index contributed by atoms with van der Waals surface area (Å²) in [6.07, 6.45) is 9.53. The van der Waals surface area contributed by atoms with Crippen LogP contribution in [0.5, 0.6) is 0 Å². The standard InChI is InChI=1S/C74H71BN4OS/c1-69(2,3)44-29-33-56-52(39-44)71(7)35-15-17-37-73(71,9)78(56)46-31-32-54-59(41-46)76(58-26-20-23-49-48-21-11-13-27-62(48)80-67(49)58)60-42-47(79-57-34-30-45(70(4,5)6)40-53(57)72(8)36-16-18-38-74(72,79)10)43-61-65(60)75(54)55-25-19-24-51-64-50-22-12-14-28-63(50)81-68(64)77(61)66(51)55/h11-14,19-34,39-43H,15-18,35-38H2,1-10H3. The molecule has 402 valence electrons. The van der Waals surface area contributed by atoms with Crippen LogP contribution in [0.3, 0.4) is 0 Å². The zero-order valence-corrected chi connectivity index (χ0v) is 49.6. The predicted octanol–water partition coefficient (Wildman–Crippen LogP) is 18.6. The van der Waals surface area contributed by atoms with Gasteiger partial charge in [0.15, 0.2) is 5.58 Å². The third kappa shape index (κ3) is 6.04. The van der Waals surface area contributed by atoms with E-state index in [4.69, 9.17) is 4.42 Å². The number of benzene rings is 8. The summed E-state index contributed by atoms with van der Waals surface area (Å²) in [7, 11) is 0. The van der Waals surface area contributed by atoms with Gasteiger partial charge in [0.25, 0.3) is 6.71 Å². The summed E-state index contributed by atoms with van der Waals surface area (Å²) in [6.45, 7) is 24.6. The maximum atomic E-state index is 7.21. The summed E-state index contributed by atoms with van der Waals surface area (Å²) in [5.41, 5.74) is 22.8.